The summed E-state index contributed by atoms with van der Waals surface area (Å²) in [5, 5.41) is 0. The Morgan fingerprint density at radius 3 is 1.24 bits per heavy atom. The molecule has 10 rings (SSSR count). The van der Waals surface area contributed by atoms with Gasteiger partial charge in [0.05, 0.1) is 5.41 Å². The van der Waals surface area contributed by atoms with E-state index in [2.05, 4.69) is 194 Å². The van der Waals surface area contributed by atoms with E-state index in [9.17, 15) is 0 Å². The summed E-state index contributed by atoms with van der Waals surface area (Å²) in [5.74, 6) is 1.90. The van der Waals surface area contributed by atoms with Gasteiger partial charge in [-0.2, -0.15) is 0 Å². The molecular formula is C52H35N3. The van der Waals surface area contributed by atoms with Crippen LogP contribution in [0.4, 0.5) is 0 Å². The van der Waals surface area contributed by atoms with Crippen molar-refractivity contribution in [3.8, 4) is 67.5 Å². The molecule has 9 aromatic rings. The first-order valence-corrected chi connectivity index (χ1v) is 18.7. The van der Waals surface area contributed by atoms with Crippen molar-refractivity contribution < 1.29 is 0 Å². The van der Waals surface area contributed by atoms with Crippen molar-refractivity contribution in [3.05, 3.63) is 235 Å². The molecular weight excluding hydrogens is 667 g/mol. The predicted octanol–water partition coefficient (Wildman–Crippen LogP) is 12.6. The van der Waals surface area contributed by atoms with Crippen molar-refractivity contribution >= 4 is 0 Å². The quantitative estimate of drug-likeness (QED) is 0.166. The summed E-state index contributed by atoms with van der Waals surface area (Å²) in [6, 6.07) is 75.1. The van der Waals surface area contributed by atoms with Gasteiger partial charge in [-0.15, -0.1) is 0 Å². The van der Waals surface area contributed by atoms with E-state index >= 15 is 0 Å². The minimum absolute atomic E-state index is 0.531. The van der Waals surface area contributed by atoms with E-state index in [4.69, 9.17) is 15.0 Å². The standard InChI is InChI=1S/C52H35N3/c1-6-19-36(20-7-1)39-33-40(37-21-8-2-9-22-37)35-41(34-39)50-53-49(38-23-10-3-11-24-38)54-51(55-50)45-30-18-32-47-48(45)44-29-16-17-31-46(44)52(47,42-25-12-4-13-26-42)43-27-14-5-15-28-43/h1-35H. The number of fused-ring (bicyclic) bond motifs is 3. The van der Waals surface area contributed by atoms with E-state index < -0.39 is 5.41 Å². The van der Waals surface area contributed by atoms with Gasteiger partial charge in [0, 0.05) is 16.7 Å². The first-order chi connectivity index (χ1) is 27.3. The van der Waals surface area contributed by atoms with Gasteiger partial charge in [-0.05, 0) is 73.8 Å². The van der Waals surface area contributed by atoms with E-state index in [0.717, 1.165) is 44.5 Å². The second kappa shape index (κ2) is 13.6. The predicted molar refractivity (Wildman–Crippen MR) is 224 cm³/mol. The molecule has 3 heteroatoms. The maximum absolute atomic E-state index is 5.39. The second-order valence-corrected chi connectivity index (χ2v) is 14.0. The lowest BCUT2D eigenvalue weighted by atomic mass is 9.67. The number of benzene rings is 8. The first-order valence-electron chi connectivity index (χ1n) is 18.7. The Balaban J connectivity index is 1.25. The molecule has 1 aromatic heterocycles. The molecule has 0 atom stereocenters. The van der Waals surface area contributed by atoms with Gasteiger partial charge < -0.3 is 0 Å². The van der Waals surface area contributed by atoms with Crippen molar-refractivity contribution in [3.63, 3.8) is 0 Å². The topological polar surface area (TPSA) is 38.7 Å². The van der Waals surface area contributed by atoms with Gasteiger partial charge in [0.15, 0.2) is 17.5 Å². The van der Waals surface area contributed by atoms with Crippen LogP contribution in [-0.4, -0.2) is 15.0 Å². The van der Waals surface area contributed by atoms with Crippen molar-refractivity contribution in [1.29, 1.82) is 0 Å². The monoisotopic (exact) mass is 701 g/mol. The van der Waals surface area contributed by atoms with Crippen LogP contribution >= 0.6 is 0 Å². The van der Waals surface area contributed by atoms with Crippen LogP contribution in [0.15, 0.2) is 212 Å². The third-order valence-electron chi connectivity index (χ3n) is 10.8. The Kier molecular flexibility index (Phi) is 8.04. The van der Waals surface area contributed by atoms with Crippen molar-refractivity contribution in [1.82, 2.24) is 15.0 Å². The van der Waals surface area contributed by atoms with Crippen molar-refractivity contribution in [2.24, 2.45) is 0 Å². The molecule has 258 valence electrons. The maximum atomic E-state index is 5.39. The molecule has 1 aliphatic carbocycles. The van der Waals surface area contributed by atoms with Crippen molar-refractivity contribution in [2.45, 2.75) is 5.41 Å². The fourth-order valence-corrected chi connectivity index (χ4v) is 8.37. The van der Waals surface area contributed by atoms with E-state index in [1.165, 1.54) is 27.8 Å². The minimum atomic E-state index is -0.531. The Morgan fingerprint density at radius 1 is 0.273 bits per heavy atom. The fraction of sp³-hybridized carbons (Fsp3) is 0.0192. The molecule has 1 aliphatic rings. The fourth-order valence-electron chi connectivity index (χ4n) is 8.37. The summed E-state index contributed by atoms with van der Waals surface area (Å²) >= 11 is 0. The molecule has 1 heterocycles. The molecule has 0 unspecified atom stereocenters. The molecule has 0 saturated heterocycles. The number of nitrogens with zero attached hydrogens (tertiary/aromatic N) is 3. The van der Waals surface area contributed by atoms with E-state index in [1.54, 1.807) is 0 Å². The molecule has 55 heavy (non-hydrogen) atoms. The van der Waals surface area contributed by atoms with E-state index in [-0.39, 0.29) is 0 Å². The zero-order valence-electron chi connectivity index (χ0n) is 30.0. The highest BCUT2D eigenvalue weighted by molar-refractivity contribution is 5.94. The molecule has 8 aromatic carbocycles. The Bertz CT molecular complexity index is 2690. The summed E-state index contributed by atoms with van der Waals surface area (Å²) in [7, 11) is 0. The Hall–Kier alpha value is -7.23. The Labute approximate surface area is 321 Å². The second-order valence-electron chi connectivity index (χ2n) is 14.0. The third-order valence-corrected chi connectivity index (χ3v) is 10.8. The maximum Gasteiger partial charge on any atom is 0.164 e. The summed E-state index contributed by atoms with van der Waals surface area (Å²) in [5.41, 5.74) is 14.0. The first kappa shape index (κ1) is 32.4. The number of hydrogen-bond acceptors (Lipinski definition) is 3. The normalized spacial score (nSPS) is 12.5. The molecule has 0 bridgehead atoms. The van der Waals surface area contributed by atoms with Crippen LogP contribution < -0.4 is 0 Å². The van der Waals surface area contributed by atoms with Crippen LogP contribution in [0.2, 0.25) is 0 Å². The lowest BCUT2D eigenvalue weighted by Crippen LogP contribution is -2.28. The van der Waals surface area contributed by atoms with E-state index in [0.29, 0.717) is 17.5 Å². The highest BCUT2D eigenvalue weighted by Gasteiger charge is 2.47. The van der Waals surface area contributed by atoms with Crippen molar-refractivity contribution in [2.75, 3.05) is 0 Å². The summed E-state index contributed by atoms with van der Waals surface area (Å²) in [6.07, 6.45) is 0. The summed E-state index contributed by atoms with van der Waals surface area (Å²) in [4.78, 5) is 15.9. The van der Waals surface area contributed by atoms with E-state index in [1.807, 2.05) is 18.2 Å². The van der Waals surface area contributed by atoms with Crippen LogP contribution in [0.5, 0.6) is 0 Å². The van der Waals surface area contributed by atoms with Gasteiger partial charge in [-0.1, -0.05) is 194 Å². The smallest absolute Gasteiger partial charge is 0.164 e. The highest BCUT2D eigenvalue weighted by Crippen LogP contribution is 2.58. The van der Waals surface area contributed by atoms with Gasteiger partial charge in [-0.25, -0.2) is 15.0 Å². The molecule has 0 radical (unpaired) electrons. The number of aromatic nitrogens is 3. The van der Waals surface area contributed by atoms with Gasteiger partial charge in [0.1, 0.15) is 0 Å². The van der Waals surface area contributed by atoms with Gasteiger partial charge in [-0.3, -0.25) is 0 Å². The molecule has 0 amide bonds. The molecule has 0 N–H and O–H groups in total. The number of rotatable bonds is 7. The van der Waals surface area contributed by atoms with Gasteiger partial charge >= 0.3 is 0 Å². The van der Waals surface area contributed by atoms with Gasteiger partial charge in [0.25, 0.3) is 0 Å². The molecule has 0 spiro atoms. The summed E-state index contributed by atoms with van der Waals surface area (Å²) < 4.78 is 0. The summed E-state index contributed by atoms with van der Waals surface area (Å²) in [6.45, 7) is 0. The Morgan fingerprint density at radius 2 is 0.673 bits per heavy atom. The lowest BCUT2D eigenvalue weighted by molar-refractivity contribution is 0.768. The number of hydrogen-bond donors (Lipinski definition) is 0. The van der Waals surface area contributed by atoms with Crippen LogP contribution in [0, 0.1) is 0 Å². The van der Waals surface area contributed by atoms with Crippen LogP contribution in [0.25, 0.3) is 67.5 Å². The largest absolute Gasteiger partial charge is 0.208 e. The molecule has 0 aliphatic heterocycles. The van der Waals surface area contributed by atoms with Crippen LogP contribution in [0.3, 0.4) is 0 Å². The average molecular weight is 702 g/mol. The molecule has 0 saturated carbocycles. The van der Waals surface area contributed by atoms with Gasteiger partial charge in [0.2, 0.25) is 0 Å². The minimum Gasteiger partial charge on any atom is -0.208 e. The van der Waals surface area contributed by atoms with Crippen LogP contribution in [0.1, 0.15) is 22.3 Å². The lowest BCUT2D eigenvalue weighted by Gasteiger charge is -2.33. The average Bonchev–Trinajstić information content (AvgIpc) is 3.59. The SMILES string of the molecule is c1ccc(-c2cc(-c3ccccc3)cc(-c3nc(-c4ccccc4)nc(-c4cccc5c4-c4ccccc4C5(c4ccccc4)c4ccccc4)n3)c2)cc1. The zero-order valence-corrected chi connectivity index (χ0v) is 30.0. The van der Waals surface area contributed by atoms with Crippen LogP contribution in [-0.2, 0) is 5.41 Å². The molecule has 3 nitrogen and oxygen atoms in total. The highest BCUT2D eigenvalue weighted by atomic mass is 15.0. The molecule has 0 fully saturated rings. The zero-order chi connectivity index (χ0) is 36.6. The third kappa shape index (κ3) is 5.57.